The van der Waals surface area contributed by atoms with E-state index in [2.05, 4.69) is 62.4 Å². The molecule has 0 radical (unpaired) electrons. The van der Waals surface area contributed by atoms with Crippen molar-refractivity contribution < 1.29 is 27.6 Å². The van der Waals surface area contributed by atoms with Crippen molar-refractivity contribution in [3.63, 3.8) is 0 Å². The Morgan fingerprint density at radius 1 is 1.05 bits per heavy atom. The van der Waals surface area contributed by atoms with Gasteiger partial charge in [0.2, 0.25) is 0 Å². The Morgan fingerprint density at radius 2 is 1.71 bits per heavy atom. The molecule has 0 atom stereocenters. The third-order valence-corrected chi connectivity index (χ3v) is 12.2. The van der Waals surface area contributed by atoms with E-state index in [0.717, 1.165) is 59.1 Å². The van der Waals surface area contributed by atoms with Gasteiger partial charge in [0.1, 0.15) is 26.0 Å². The number of hydrogen-bond donors (Lipinski definition) is 1. The molecule has 38 heavy (non-hydrogen) atoms. The van der Waals surface area contributed by atoms with Crippen LogP contribution in [0.4, 0.5) is 18.9 Å². The third kappa shape index (κ3) is 4.60. The average Bonchev–Trinajstić information content (AvgIpc) is 3.32. The maximum atomic E-state index is 14.4. The van der Waals surface area contributed by atoms with Gasteiger partial charge in [0.25, 0.3) is 0 Å². The lowest BCUT2D eigenvalue weighted by molar-refractivity contribution is -0.519. The highest BCUT2D eigenvalue weighted by Crippen LogP contribution is 2.48. The molecule has 4 rings (SSSR count). The number of fused-ring (bicyclic) bond motifs is 2. The van der Waals surface area contributed by atoms with Crippen molar-refractivity contribution >= 4 is 47.5 Å². The number of carbonyl (C=O) groups is 1. The quantitative estimate of drug-likeness (QED) is 0.308. The minimum Gasteiger partial charge on any atom is -0.477 e. The first-order chi connectivity index (χ1) is 17.9. The summed E-state index contributed by atoms with van der Waals surface area (Å²) in [6, 6.07) is 6.06. The van der Waals surface area contributed by atoms with Crippen LogP contribution in [0.2, 0.25) is 13.1 Å². The molecule has 1 N–H and O–H groups in total. The van der Waals surface area contributed by atoms with Crippen molar-refractivity contribution in [1.82, 2.24) is 0 Å². The molecule has 2 heterocycles. The number of benzene rings is 1. The zero-order chi connectivity index (χ0) is 28.0. The highest BCUT2D eigenvalue weighted by molar-refractivity contribution is 7.12. The highest BCUT2D eigenvalue weighted by Gasteiger charge is 2.45. The lowest BCUT2D eigenvalue weighted by Gasteiger charge is -2.38. The molecule has 0 amide bonds. The Bertz CT molecular complexity index is 1400. The summed E-state index contributed by atoms with van der Waals surface area (Å²) < 4.78 is 45.5. The van der Waals surface area contributed by atoms with Crippen LogP contribution in [0, 0.1) is 0 Å². The summed E-state index contributed by atoms with van der Waals surface area (Å²) in [5, 5.41) is 13.1. The number of thiophene rings is 1. The van der Waals surface area contributed by atoms with Crippen LogP contribution < -0.4 is 10.1 Å². The van der Waals surface area contributed by atoms with E-state index < -0.39 is 30.7 Å². The van der Waals surface area contributed by atoms with Gasteiger partial charge < -0.3 is 10.0 Å². The number of carboxylic acid groups (broad SMARTS) is 1. The normalized spacial score (nSPS) is 16.2. The highest BCUT2D eigenvalue weighted by atomic mass is 32.1. The lowest BCUT2D eigenvalue weighted by atomic mass is 9.88. The molecule has 0 bridgehead atoms. The first-order valence-electron chi connectivity index (χ1n) is 13.0. The fourth-order valence-electron chi connectivity index (χ4n) is 5.67. The summed E-state index contributed by atoms with van der Waals surface area (Å²) in [5.41, 5.74) is 2.97. The predicted octanol–water partition coefficient (Wildman–Crippen LogP) is 6.57. The predicted molar refractivity (Wildman–Crippen MR) is 153 cm³/mol. The summed E-state index contributed by atoms with van der Waals surface area (Å²) in [4.78, 5) is 13.4. The van der Waals surface area contributed by atoms with E-state index in [0.29, 0.717) is 16.9 Å². The Balaban J connectivity index is 2.13. The molecule has 202 valence electrons. The summed E-state index contributed by atoms with van der Waals surface area (Å²) >= 11 is 0.639. The minimum absolute atomic E-state index is 0.0573. The number of allylic oxidation sites excluding steroid dienone is 5. The van der Waals surface area contributed by atoms with E-state index in [9.17, 15) is 23.1 Å². The SMILES string of the molecule is CCN(CC)c1ccc2c(c1)[Si](C)(C)C1=CC(=[N+](CC)CC)C=CC1=C2c1csc(C(=O)O)c1C(F)(F)F. The zero-order valence-electron chi connectivity index (χ0n) is 22.7. The molecule has 1 aliphatic carbocycles. The van der Waals surface area contributed by atoms with Crippen LogP contribution in [0.3, 0.4) is 0 Å². The van der Waals surface area contributed by atoms with Gasteiger partial charge in [-0.05, 0) is 73.0 Å². The molecule has 1 aliphatic heterocycles. The second-order valence-corrected chi connectivity index (χ2v) is 15.2. The maximum absolute atomic E-state index is 14.4. The van der Waals surface area contributed by atoms with E-state index in [-0.39, 0.29) is 5.56 Å². The van der Waals surface area contributed by atoms with E-state index >= 15 is 0 Å². The van der Waals surface area contributed by atoms with Crippen LogP contribution in [-0.4, -0.2) is 55.6 Å². The standard InChI is InChI=1S/C29H33F3N2O2SSi/c1-7-33(8-2)18-11-13-20-23(15-18)38(5,6)24-16-19(34(9-3)10-4)12-14-21(24)25(20)22-17-37-27(28(35)36)26(22)29(30,31)32/h11-17H,7-10H2,1-6H3/p+1. The number of alkyl halides is 3. The zero-order valence-corrected chi connectivity index (χ0v) is 24.5. The van der Waals surface area contributed by atoms with Gasteiger partial charge in [-0.15, -0.1) is 11.3 Å². The Labute approximate surface area is 227 Å². The smallest absolute Gasteiger partial charge is 0.418 e. The molecule has 0 saturated heterocycles. The molecule has 0 saturated carbocycles. The molecule has 9 heteroatoms. The first kappa shape index (κ1) is 28.1. The molecular formula is C29H34F3N2O2SSi+. The summed E-state index contributed by atoms with van der Waals surface area (Å²) in [6.45, 7) is 16.1. The van der Waals surface area contributed by atoms with Crippen molar-refractivity contribution in [2.45, 2.75) is 47.0 Å². The fraction of sp³-hybridized carbons (Fsp3) is 0.379. The number of aromatic carboxylic acids is 1. The van der Waals surface area contributed by atoms with Gasteiger partial charge in [-0.25, -0.2) is 9.37 Å². The van der Waals surface area contributed by atoms with Gasteiger partial charge in [-0.1, -0.05) is 19.2 Å². The van der Waals surface area contributed by atoms with Crippen molar-refractivity contribution in [1.29, 1.82) is 0 Å². The van der Waals surface area contributed by atoms with Crippen molar-refractivity contribution in [3.05, 3.63) is 74.1 Å². The van der Waals surface area contributed by atoms with Crippen LogP contribution in [-0.2, 0) is 6.18 Å². The fourth-order valence-corrected chi connectivity index (χ4v) is 9.65. The van der Waals surface area contributed by atoms with Crippen LogP contribution in [0.15, 0.2) is 52.6 Å². The molecule has 2 aromatic rings. The second-order valence-electron chi connectivity index (χ2n) is 9.96. The number of hydrogen-bond acceptors (Lipinski definition) is 3. The molecule has 1 aromatic heterocycles. The minimum atomic E-state index is -4.80. The van der Waals surface area contributed by atoms with Gasteiger partial charge in [-0.2, -0.15) is 13.2 Å². The third-order valence-electron chi connectivity index (χ3n) is 7.69. The van der Waals surface area contributed by atoms with Crippen LogP contribution in [0.5, 0.6) is 0 Å². The first-order valence-corrected chi connectivity index (χ1v) is 16.9. The Kier molecular flexibility index (Phi) is 7.64. The van der Waals surface area contributed by atoms with Gasteiger partial charge >= 0.3 is 12.1 Å². The van der Waals surface area contributed by atoms with Gasteiger partial charge in [-0.3, -0.25) is 0 Å². The van der Waals surface area contributed by atoms with Gasteiger partial charge in [0.15, 0.2) is 5.71 Å². The summed E-state index contributed by atoms with van der Waals surface area (Å²) in [5.74, 6) is -1.56. The monoisotopic (exact) mass is 559 g/mol. The maximum Gasteiger partial charge on any atom is 0.418 e. The molecule has 0 fully saturated rings. The van der Waals surface area contributed by atoms with Crippen LogP contribution in [0.25, 0.3) is 5.57 Å². The molecule has 0 unspecified atom stereocenters. The Morgan fingerprint density at radius 3 is 2.26 bits per heavy atom. The largest absolute Gasteiger partial charge is 0.477 e. The topological polar surface area (TPSA) is 43.5 Å². The van der Waals surface area contributed by atoms with Crippen molar-refractivity contribution in [3.8, 4) is 0 Å². The van der Waals surface area contributed by atoms with Crippen molar-refractivity contribution in [2.75, 3.05) is 31.1 Å². The Hall–Kier alpha value is -2.91. The van der Waals surface area contributed by atoms with E-state index in [4.69, 9.17) is 0 Å². The number of rotatable bonds is 7. The summed E-state index contributed by atoms with van der Waals surface area (Å²) in [7, 11) is -2.36. The number of nitrogens with zero attached hydrogens (tertiary/aromatic N) is 2. The van der Waals surface area contributed by atoms with Crippen LogP contribution >= 0.6 is 11.3 Å². The van der Waals surface area contributed by atoms with Gasteiger partial charge in [0.05, 0.1) is 5.56 Å². The van der Waals surface area contributed by atoms with Crippen LogP contribution in [0.1, 0.15) is 54.1 Å². The molecule has 1 aromatic carbocycles. The summed E-state index contributed by atoms with van der Waals surface area (Å²) in [6.07, 6.45) is 1.26. The number of anilines is 1. The molecule has 0 spiro atoms. The number of halogens is 3. The lowest BCUT2D eigenvalue weighted by Crippen LogP contribution is -2.50. The second kappa shape index (κ2) is 10.3. The van der Waals surface area contributed by atoms with E-state index in [1.165, 1.54) is 5.38 Å². The average molecular weight is 560 g/mol. The van der Waals surface area contributed by atoms with Gasteiger partial charge in [0, 0.05) is 41.9 Å². The molecule has 4 nitrogen and oxygen atoms in total. The van der Waals surface area contributed by atoms with E-state index in [1.54, 1.807) is 0 Å². The van der Waals surface area contributed by atoms with Crippen molar-refractivity contribution in [2.24, 2.45) is 0 Å². The molecule has 2 aliphatic rings. The van der Waals surface area contributed by atoms with E-state index in [1.807, 2.05) is 24.3 Å². The number of carboxylic acids is 1. The molecular weight excluding hydrogens is 525 g/mol.